The maximum atomic E-state index is 5.42. The molecule has 1 aromatic carbocycles. The van der Waals surface area contributed by atoms with Crippen molar-refractivity contribution in [2.24, 2.45) is 0 Å². The molecule has 2 aromatic rings. The quantitative estimate of drug-likeness (QED) is 0.942. The van der Waals surface area contributed by atoms with E-state index in [9.17, 15) is 0 Å². The van der Waals surface area contributed by atoms with Gasteiger partial charge < -0.3 is 14.5 Å². The number of hydrogen-bond acceptors (Lipinski definition) is 4. The van der Waals surface area contributed by atoms with Crippen molar-refractivity contribution in [3.63, 3.8) is 0 Å². The largest absolute Gasteiger partial charge is 0.496 e. The van der Waals surface area contributed by atoms with Crippen LogP contribution in [0.15, 0.2) is 33.4 Å². The van der Waals surface area contributed by atoms with E-state index in [4.69, 9.17) is 9.15 Å². The lowest BCUT2D eigenvalue weighted by Gasteiger charge is -2.03. The van der Waals surface area contributed by atoms with Gasteiger partial charge in [0.15, 0.2) is 0 Å². The number of aromatic nitrogens is 1. The summed E-state index contributed by atoms with van der Waals surface area (Å²) in [5.41, 5.74) is 1.80. The van der Waals surface area contributed by atoms with Crippen LogP contribution in [0, 0.1) is 0 Å². The number of ether oxygens (including phenoxy) is 1. The molecule has 4 nitrogen and oxygen atoms in total. The fourth-order valence-electron chi connectivity index (χ4n) is 1.50. The average molecular weight is 297 g/mol. The predicted octanol–water partition coefficient (Wildman–Crippen LogP) is 2.83. The van der Waals surface area contributed by atoms with Crippen LogP contribution in [0.1, 0.15) is 5.69 Å². The van der Waals surface area contributed by atoms with Crippen molar-refractivity contribution in [2.75, 3.05) is 14.2 Å². The molecule has 17 heavy (non-hydrogen) atoms. The topological polar surface area (TPSA) is 47.3 Å². The fourth-order valence-corrected chi connectivity index (χ4v) is 2.04. The third-order valence-corrected chi connectivity index (χ3v) is 2.93. The first-order valence-corrected chi connectivity index (χ1v) is 5.97. The van der Waals surface area contributed by atoms with E-state index >= 15 is 0 Å². The van der Waals surface area contributed by atoms with Gasteiger partial charge in [-0.05, 0) is 41.2 Å². The van der Waals surface area contributed by atoms with Crippen LogP contribution in [0.2, 0.25) is 0 Å². The van der Waals surface area contributed by atoms with Crippen molar-refractivity contribution in [3.8, 4) is 17.2 Å². The summed E-state index contributed by atoms with van der Waals surface area (Å²) in [7, 11) is 3.51. The van der Waals surface area contributed by atoms with Crippen molar-refractivity contribution in [1.82, 2.24) is 10.3 Å². The summed E-state index contributed by atoms with van der Waals surface area (Å²) in [6.07, 6.45) is 1.66. The van der Waals surface area contributed by atoms with Gasteiger partial charge in [0.05, 0.1) is 17.3 Å². The minimum atomic E-state index is 0.610. The first-order chi connectivity index (χ1) is 8.24. The summed E-state index contributed by atoms with van der Waals surface area (Å²) in [5.74, 6) is 1.40. The van der Waals surface area contributed by atoms with Gasteiger partial charge in [-0.3, -0.25) is 0 Å². The smallest absolute Gasteiger partial charge is 0.226 e. The molecule has 0 spiro atoms. The van der Waals surface area contributed by atoms with Crippen molar-refractivity contribution in [3.05, 3.63) is 34.6 Å². The molecule has 0 bridgehead atoms. The van der Waals surface area contributed by atoms with Crippen LogP contribution >= 0.6 is 15.9 Å². The SMILES string of the molecule is CNCc1coc(-c2ccc(OC)c(Br)c2)n1. The molecule has 1 heterocycles. The number of oxazole rings is 1. The van der Waals surface area contributed by atoms with Crippen LogP contribution in [0.4, 0.5) is 0 Å². The van der Waals surface area contributed by atoms with Crippen LogP contribution in [0.5, 0.6) is 5.75 Å². The van der Waals surface area contributed by atoms with E-state index in [1.165, 1.54) is 0 Å². The Bertz CT molecular complexity index is 511. The number of rotatable bonds is 4. The van der Waals surface area contributed by atoms with E-state index in [-0.39, 0.29) is 0 Å². The zero-order valence-corrected chi connectivity index (χ0v) is 11.2. The summed E-state index contributed by atoms with van der Waals surface area (Å²) < 4.78 is 11.5. The zero-order valence-electron chi connectivity index (χ0n) is 9.66. The third kappa shape index (κ3) is 2.68. The summed E-state index contributed by atoms with van der Waals surface area (Å²) in [6, 6.07) is 5.72. The van der Waals surface area contributed by atoms with Crippen molar-refractivity contribution < 1.29 is 9.15 Å². The maximum absolute atomic E-state index is 5.42. The van der Waals surface area contributed by atoms with Crippen LogP contribution in [-0.2, 0) is 6.54 Å². The van der Waals surface area contributed by atoms with E-state index < -0.39 is 0 Å². The van der Waals surface area contributed by atoms with Gasteiger partial charge in [0.25, 0.3) is 0 Å². The Labute approximate surface area is 108 Å². The normalized spacial score (nSPS) is 10.5. The second kappa shape index (κ2) is 5.33. The zero-order chi connectivity index (χ0) is 12.3. The maximum Gasteiger partial charge on any atom is 0.226 e. The molecule has 5 heteroatoms. The lowest BCUT2D eigenvalue weighted by atomic mass is 10.2. The fraction of sp³-hybridized carbons (Fsp3) is 0.250. The van der Waals surface area contributed by atoms with Crippen molar-refractivity contribution in [2.45, 2.75) is 6.54 Å². The first-order valence-electron chi connectivity index (χ1n) is 5.17. The highest BCUT2D eigenvalue weighted by atomic mass is 79.9. The number of benzene rings is 1. The Morgan fingerprint density at radius 3 is 2.94 bits per heavy atom. The number of methoxy groups -OCH3 is 1. The lowest BCUT2D eigenvalue weighted by molar-refractivity contribution is 0.412. The van der Waals surface area contributed by atoms with Gasteiger partial charge in [0, 0.05) is 12.1 Å². The molecule has 0 radical (unpaired) electrons. The molecule has 0 fully saturated rings. The standard InChI is InChI=1S/C12H13BrN2O2/c1-14-6-9-7-17-12(15-9)8-3-4-11(16-2)10(13)5-8/h3-5,7,14H,6H2,1-2H3. The summed E-state index contributed by atoms with van der Waals surface area (Å²) >= 11 is 3.44. The Hall–Kier alpha value is -1.33. The van der Waals surface area contributed by atoms with Gasteiger partial charge in [-0.1, -0.05) is 0 Å². The van der Waals surface area contributed by atoms with E-state index in [1.54, 1.807) is 13.4 Å². The van der Waals surface area contributed by atoms with E-state index in [1.807, 2.05) is 25.2 Å². The second-order valence-electron chi connectivity index (χ2n) is 3.52. The molecule has 0 saturated heterocycles. The molecule has 0 aliphatic carbocycles. The van der Waals surface area contributed by atoms with E-state index in [0.717, 1.165) is 21.5 Å². The molecule has 0 aliphatic rings. The molecule has 0 atom stereocenters. The van der Waals surface area contributed by atoms with Gasteiger partial charge in [0.2, 0.25) is 5.89 Å². The Morgan fingerprint density at radius 2 is 2.29 bits per heavy atom. The average Bonchev–Trinajstić information content (AvgIpc) is 2.78. The second-order valence-corrected chi connectivity index (χ2v) is 4.38. The Balaban J connectivity index is 2.29. The van der Waals surface area contributed by atoms with Crippen molar-refractivity contribution >= 4 is 15.9 Å². The summed E-state index contributed by atoms with van der Waals surface area (Å²) in [5, 5.41) is 3.03. The van der Waals surface area contributed by atoms with E-state index in [0.29, 0.717) is 12.4 Å². The van der Waals surface area contributed by atoms with Crippen LogP contribution < -0.4 is 10.1 Å². The van der Waals surface area contributed by atoms with Gasteiger partial charge >= 0.3 is 0 Å². The molecule has 1 aromatic heterocycles. The van der Waals surface area contributed by atoms with Gasteiger partial charge in [-0.25, -0.2) is 4.98 Å². The van der Waals surface area contributed by atoms with Gasteiger partial charge in [-0.2, -0.15) is 0 Å². The Kier molecular flexibility index (Phi) is 3.81. The van der Waals surface area contributed by atoms with Crippen molar-refractivity contribution in [1.29, 1.82) is 0 Å². The van der Waals surface area contributed by atoms with Gasteiger partial charge in [-0.15, -0.1) is 0 Å². The third-order valence-electron chi connectivity index (χ3n) is 2.31. The highest BCUT2D eigenvalue weighted by Gasteiger charge is 2.08. The minimum Gasteiger partial charge on any atom is -0.496 e. The highest BCUT2D eigenvalue weighted by Crippen LogP contribution is 2.30. The van der Waals surface area contributed by atoms with E-state index in [2.05, 4.69) is 26.2 Å². The molecule has 0 aliphatic heterocycles. The summed E-state index contributed by atoms with van der Waals surface area (Å²) in [6.45, 7) is 0.695. The van der Waals surface area contributed by atoms with Gasteiger partial charge in [0.1, 0.15) is 12.0 Å². The molecule has 0 saturated carbocycles. The molecule has 2 rings (SSSR count). The van der Waals surface area contributed by atoms with Crippen LogP contribution in [-0.4, -0.2) is 19.1 Å². The molecular weight excluding hydrogens is 284 g/mol. The van der Waals surface area contributed by atoms with Crippen LogP contribution in [0.3, 0.4) is 0 Å². The molecule has 0 amide bonds. The predicted molar refractivity (Wildman–Crippen MR) is 69.0 cm³/mol. The first kappa shape index (κ1) is 12.1. The molecular formula is C12H13BrN2O2. The number of hydrogen-bond donors (Lipinski definition) is 1. The molecule has 90 valence electrons. The monoisotopic (exact) mass is 296 g/mol. The summed E-state index contributed by atoms with van der Waals surface area (Å²) in [4.78, 5) is 4.38. The minimum absolute atomic E-state index is 0.610. The Morgan fingerprint density at radius 1 is 1.47 bits per heavy atom. The number of nitrogens with zero attached hydrogens (tertiary/aromatic N) is 1. The molecule has 0 unspecified atom stereocenters. The van der Waals surface area contributed by atoms with Crippen LogP contribution in [0.25, 0.3) is 11.5 Å². The number of halogens is 1. The highest BCUT2D eigenvalue weighted by molar-refractivity contribution is 9.10. The lowest BCUT2D eigenvalue weighted by Crippen LogP contribution is -2.04. The number of nitrogens with one attached hydrogen (secondary N) is 1. The molecule has 1 N–H and O–H groups in total.